The Balaban J connectivity index is 4.65. The van der Waals surface area contributed by atoms with E-state index in [9.17, 15) is 19.8 Å². The van der Waals surface area contributed by atoms with Gasteiger partial charge >= 0.3 is 5.97 Å². The normalized spacial score (nSPS) is 13.7. The molecule has 0 aliphatic carbocycles. The lowest BCUT2D eigenvalue weighted by Gasteiger charge is -2.23. The first-order valence-electron chi connectivity index (χ1n) is 27.0. The summed E-state index contributed by atoms with van der Waals surface area (Å²) in [5.41, 5.74) is 0. The Bertz CT molecular complexity index is 1130. The SMILES string of the molecule is CC/C=C/C/C=C/C/C=C/C/C=C/C/C=C/C(CC(=O)NC(CO)C(O)CCCCCCCCCCCCCC)OC(=O)CCCCCCCCCCCCCCCCCCCC. The number of carbonyl (C=O) groups is 2. The standard InChI is InChI=1S/C57H103NO5/c1-4-7-10-13-16-19-22-25-27-28-29-30-32-35-38-41-44-47-50-57(62)63-53(48-45-42-39-36-33-31-26-23-20-17-14-11-8-5-2)51-56(61)58-54(52-59)55(60)49-46-43-40-37-34-24-21-18-15-12-9-6-3/h8,11,17,20,26,31,36,39,45,48,53-55,59-60H,4-7,9-10,12-16,18-19,21-25,27-30,32-35,37-38,40-44,46-47,49-52H2,1-3H3,(H,58,61)/b11-8+,20-17+,31-26+,39-36+,48-45+. The van der Waals surface area contributed by atoms with Crippen LogP contribution in [0.5, 0.6) is 0 Å². The van der Waals surface area contributed by atoms with Crippen molar-refractivity contribution in [3.05, 3.63) is 60.8 Å². The van der Waals surface area contributed by atoms with Gasteiger partial charge in [-0.15, -0.1) is 0 Å². The topological polar surface area (TPSA) is 95.9 Å². The zero-order valence-electron chi connectivity index (χ0n) is 41.7. The van der Waals surface area contributed by atoms with Crippen LogP contribution in [0.1, 0.15) is 265 Å². The Hall–Kier alpha value is -2.44. The van der Waals surface area contributed by atoms with Crippen LogP contribution in [0.25, 0.3) is 0 Å². The van der Waals surface area contributed by atoms with Crippen LogP contribution in [0.15, 0.2) is 60.8 Å². The number of unbranched alkanes of at least 4 members (excludes halogenated alkanes) is 28. The van der Waals surface area contributed by atoms with Gasteiger partial charge in [0.1, 0.15) is 6.10 Å². The molecule has 0 aromatic heterocycles. The first-order valence-corrected chi connectivity index (χ1v) is 27.0. The molecule has 0 spiro atoms. The third-order valence-electron chi connectivity index (χ3n) is 12.1. The number of rotatable bonds is 48. The number of carbonyl (C=O) groups excluding carboxylic acids is 2. The minimum Gasteiger partial charge on any atom is -0.458 e. The molecule has 6 heteroatoms. The van der Waals surface area contributed by atoms with Gasteiger partial charge in [0.2, 0.25) is 5.91 Å². The molecule has 0 fully saturated rings. The molecule has 0 rings (SSSR count). The van der Waals surface area contributed by atoms with E-state index in [0.29, 0.717) is 19.3 Å². The molecule has 0 saturated heterocycles. The van der Waals surface area contributed by atoms with E-state index in [4.69, 9.17) is 4.74 Å². The molecule has 0 radical (unpaired) electrons. The van der Waals surface area contributed by atoms with Crippen molar-refractivity contribution in [3.8, 4) is 0 Å². The molecule has 0 aliphatic rings. The third kappa shape index (κ3) is 45.9. The summed E-state index contributed by atoms with van der Waals surface area (Å²) >= 11 is 0. The molecule has 3 N–H and O–H groups in total. The molecule has 0 aromatic carbocycles. The summed E-state index contributed by atoms with van der Waals surface area (Å²) in [6.07, 6.45) is 63.2. The summed E-state index contributed by atoms with van der Waals surface area (Å²) in [5.74, 6) is -0.620. The monoisotopic (exact) mass is 882 g/mol. The van der Waals surface area contributed by atoms with Crippen molar-refractivity contribution >= 4 is 11.9 Å². The van der Waals surface area contributed by atoms with Crippen LogP contribution < -0.4 is 5.32 Å². The molecule has 0 saturated carbocycles. The summed E-state index contributed by atoms with van der Waals surface area (Å²) in [6.45, 7) is 6.35. The van der Waals surface area contributed by atoms with Crippen molar-refractivity contribution in [1.82, 2.24) is 5.32 Å². The predicted molar refractivity (Wildman–Crippen MR) is 273 cm³/mol. The maximum atomic E-state index is 13.2. The highest BCUT2D eigenvalue weighted by Crippen LogP contribution is 2.17. The average molecular weight is 882 g/mol. The summed E-state index contributed by atoms with van der Waals surface area (Å²) in [4.78, 5) is 26.1. The van der Waals surface area contributed by atoms with Crippen molar-refractivity contribution in [2.75, 3.05) is 6.61 Å². The number of allylic oxidation sites excluding steroid dienone is 9. The van der Waals surface area contributed by atoms with E-state index in [1.54, 1.807) is 0 Å². The molecule has 0 aromatic rings. The van der Waals surface area contributed by atoms with Gasteiger partial charge in [-0.2, -0.15) is 0 Å². The van der Waals surface area contributed by atoms with Gasteiger partial charge in [0.25, 0.3) is 0 Å². The lowest BCUT2D eigenvalue weighted by molar-refractivity contribution is -0.148. The smallest absolute Gasteiger partial charge is 0.306 e. The van der Waals surface area contributed by atoms with Crippen molar-refractivity contribution in [3.63, 3.8) is 0 Å². The van der Waals surface area contributed by atoms with Gasteiger partial charge in [-0.3, -0.25) is 9.59 Å². The highest BCUT2D eigenvalue weighted by atomic mass is 16.5. The van der Waals surface area contributed by atoms with E-state index in [1.165, 1.54) is 154 Å². The largest absolute Gasteiger partial charge is 0.458 e. The van der Waals surface area contributed by atoms with E-state index < -0.39 is 18.2 Å². The van der Waals surface area contributed by atoms with Crippen LogP contribution in [0, 0.1) is 0 Å². The van der Waals surface area contributed by atoms with Crippen LogP contribution in [0.2, 0.25) is 0 Å². The number of ether oxygens (including phenoxy) is 1. The van der Waals surface area contributed by atoms with Crippen molar-refractivity contribution < 1.29 is 24.5 Å². The Labute approximate surface area is 390 Å². The zero-order chi connectivity index (χ0) is 45.9. The first kappa shape index (κ1) is 60.6. The minimum absolute atomic E-state index is 0.0443. The summed E-state index contributed by atoms with van der Waals surface area (Å²) in [5, 5.41) is 23.7. The van der Waals surface area contributed by atoms with Crippen molar-refractivity contribution in [2.24, 2.45) is 0 Å². The summed E-state index contributed by atoms with van der Waals surface area (Å²) in [7, 11) is 0. The maximum absolute atomic E-state index is 13.2. The van der Waals surface area contributed by atoms with Gasteiger partial charge in [-0.1, -0.05) is 262 Å². The Morgan fingerprint density at radius 2 is 0.825 bits per heavy atom. The summed E-state index contributed by atoms with van der Waals surface area (Å²) in [6, 6.07) is -0.741. The number of aliphatic hydroxyl groups is 2. The molecular formula is C57H103NO5. The van der Waals surface area contributed by atoms with Gasteiger partial charge in [-0.25, -0.2) is 0 Å². The molecule has 3 atom stereocenters. The minimum atomic E-state index is -0.818. The molecule has 0 aliphatic heterocycles. The molecule has 366 valence electrons. The lowest BCUT2D eigenvalue weighted by atomic mass is 10.0. The van der Waals surface area contributed by atoms with Gasteiger partial charge in [0.05, 0.1) is 25.2 Å². The molecule has 1 amide bonds. The fraction of sp³-hybridized carbons (Fsp3) is 0.789. The molecule has 63 heavy (non-hydrogen) atoms. The van der Waals surface area contributed by atoms with Gasteiger partial charge in [0.15, 0.2) is 0 Å². The quantitative estimate of drug-likeness (QED) is 0.0321. The Morgan fingerprint density at radius 1 is 0.476 bits per heavy atom. The highest BCUT2D eigenvalue weighted by molar-refractivity contribution is 5.78. The lowest BCUT2D eigenvalue weighted by Crippen LogP contribution is -2.46. The first-order chi connectivity index (χ1) is 31.0. The Morgan fingerprint density at radius 3 is 1.21 bits per heavy atom. The third-order valence-corrected chi connectivity index (χ3v) is 12.1. The average Bonchev–Trinajstić information content (AvgIpc) is 3.28. The predicted octanol–water partition coefficient (Wildman–Crippen LogP) is 16.4. The number of hydrogen-bond donors (Lipinski definition) is 3. The molecular weight excluding hydrogens is 779 g/mol. The van der Waals surface area contributed by atoms with Crippen molar-refractivity contribution in [1.29, 1.82) is 0 Å². The van der Waals surface area contributed by atoms with Crippen LogP contribution in [-0.2, 0) is 14.3 Å². The second-order valence-electron chi connectivity index (χ2n) is 18.3. The second-order valence-corrected chi connectivity index (χ2v) is 18.3. The van der Waals surface area contributed by atoms with Gasteiger partial charge < -0.3 is 20.3 Å². The fourth-order valence-electron chi connectivity index (χ4n) is 8.04. The van der Waals surface area contributed by atoms with Crippen molar-refractivity contribution in [2.45, 2.75) is 283 Å². The number of nitrogens with one attached hydrogen (secondary N) is 1. The molecule has 0 bridgehead atoms. The van der Waals surface area contributed by atoms with E-state index in [-0.39, 0.29) is 24.9 Å². The summed E-state index contributed by atoms with van der Waals surface area (Å²) < 4.78 is 5.83. The van der Waals surface area contributed by atoms with Crippen LogP contribution >= 0.6 is 0 Å². The number of amides is 1. The van der Waals surface area contributed by atoms with E-state index in [2.05, 4.69) is 74.7 Å². The van der Waals surface area contributed by atoms with Gasteiger partial charge in [-0.05, 0) is 51.0 Å². The maximum Gasteiger partial charge on any atom is 0.306 e. The highest BCUT2D eigenvalue weighted by Gasteiger charge is 2.23. The van der Waals surface area contributed by atoms with Crippen LogP contribution in [0.4, 0.5) is 0 Å². The number of hydrogen-bond acceptors (Lipinski definition) is 5. The van der Waals surface area contributed by atoms with Crippen LogP contribution in [0.3, 0.4) is 0 Å². The van der Waals surface area contributed by atoms with E-state index >= 15 is 0 Å². The van der Waals surface area contributed by atoms with E-state index in [0.717, 1.165) is 64.2 Å². The molecule has 6 nitrogen and oxygen atoms in total. The Kier molecular flexibility index (Phi) is 48.6. The zero-order valence-corrected chi connectivity index (χ0v) is 41.7. The number of esters is 1. The molecule has 0 heterocycles. The fourth-order valence-corrected chi connectivity index (χ4v) is 8.04. The number of aliphatic hydroxyl groups excluding tert-OH is 2. The van der Waals surface area contributed by atoms with E-state index in [1.807, 2.05) is 12.2 Å². The van der Waals surface area contributed by atoms with Crippen LogP contribution in [-0.4, -0.2) is 46.9 Å². The molecule has 3 unspecified atom stereocenters. The van der Waals surface area contributed by atoms with Gasteiger partial charge in [0, 0.05) is 6.42 Å². The second kappa shape index (κ2) is 50.6.